The Hall–Kier alpha value is -1.03. The molecule has 0 saturated carbocycles. The highest BCUT2D eigenvalue weighted by Gasteiger charge is 2.26. The van der Waals surface area contributed by atoms with Crippen molar-refractivity contribution in [2.75, 3.05) is 18.0 Å². The average molecular weight is 270 g/mol. The van der Waals surface area contributed by atoms with E-state index in [1.54, 1.807) is 17.0 Å². The van der Waals surface area contributed by atoms with Gasteiger partial charge in [0.1, 0.15) is 0 Å². The minimum absolute atomic E-state index is 0.00674. The van der Waals surface area contributed by atoms with Crippen LogP contribution < -0.4 is 10.5 Å². The van der Waals surface area contributed by atoms with E-state index in [-0.39, 0.29) is 17.0 Å². The van der Waals surface area contributed by atoms with Crippen LogP contribution in [0.15, 0.2) is 17.2 Å². The van der Waals surface area contributed by atoms with Crippen molar-refractivity contribution in [2.45, 2.75) is 38.6 Å². The molecule has 0 amide bonds. The van der Waals surface area contributed by atoms with Crippen LogP contribution in [0.3, 0.4) is 0 Å². The van der Waals surface area contributed by atoms with Gasteiger partial charge in [0.2, 0.25) is 0 Å². The molecule has 2 rings (SSSR count). The highest BCUT2D eigenvalue weighted by molar-refractivity contribution is 6.20. The van der Waals surface area contributed by atoms with Gasteiger partial charge in [0, 0.05) is 36.9 Å². The number of hydrogen-bond donors (Lipinski definition) is 0. The largest absolute Gasteiger partial charge is 0.352 e. The van der Waals surface area contributed by atoms with Gasteiger partial charge in [0.15, 0.2) is 5.82 Å². The molecule has 1 fully saturated rings. The molecular weight excluding hydrogens is 250 g/mol. The quantitative estimate of drug-likeness (QED) is 0.773. The summed E-state index contributed by atoms with van der Waals surface area (Å²) in [6, 6.07) is 0.155. The number of piperidine rings is 1. The molecular formula is C13H20ClN3O. The van der Waals surface area contributed by atoms with Crippen molar-refractivity contribution in [1.82, 2.24) is 9.55 Å². The zero-order chi connectivity index (χ0) is 13.3. The van der Waals surface area contributed by atoms with E-state index in [1.165, 1.54) is 0 Å². The fourth-order valence-electron chi connectivity index (χ4n) is 2.35. The van der Waals surface area contributed by atoms with Crippen molar-refractivity contribution in [2.24, 2.45) is 5.92 Å². The number of hydrogen-bond acceptors (Lipinski definition) is 3. The van der Waals surface area contributed by atoms with Crippen molar-refractivity contribution in [3.8, 4) is 0 Å². The van der Waals surface area contributed by atoms with Crippen LogP contribution >= 0.6 is 11.6 Å². The first-order valence-electron chi connectivity index (χ1n) is 6.47. The normalized spacial score (nSPS) is 24.6. The van der Waals surface area contributed by atoms with E-state index in [2.05, 4.69) is 16.8 Å². The van der Waals surface area contributed by atoms with E-state index in [9.17, 15) is 4.79 Å². The summed E-state index contributed by atoms with van der Waals surface area (Å²) in [6.07, 6.45) is 4.35. The molecule has 0 spiro atoms. The van der Waals surface area contributed by atoms with E-state index in [0.29, 0.717) is 11.7 Å². The number of aromatic nitrogens is 2. The number of nitrogens with zero attached hydrogens (tertiary/aromatic N) is 3. The van der Waals surface area contributed by atoms with Crippen molar-refractivity contribution in [1.29, 1.82) is 0 Å². The molecule has 5 heteroatoms. The van der Waals surface area contributed by atoms with Gasteiger partial charge in [-0.25, -0.2) is 4.98 Å². The third-order valence-corrected chi connectivity index (χ3v) is 4.15. The molecule has 0 radical (unpaired) electrons. The van der Waals surface area contributed by atoms with Gasteiger partial charge in [0.05, 0.1) is 0 Å². The fourth-order valence-corrected chi connectivity index (χ4v) is 2.52. The first-order chi connectivity index (χ1) is 8.50. The van der Waals surface area contributed by atoms with Crippen LogP contribution in [0, 0.1) is 5.92 Å². The summed E-state index contributed by atoms with van der Waals surface area (Å²) >= 11 is 6.21. The molecule has 2 unspecified atom stereocenters. The third kappa shape index (κ3) is 2.53. The van der Waals surface area contributed by atoms with Crippen LogP contribution in [0.1, 0.15) is 33.2 Å². The van der Waals surface area contributed by atoms with Crippen LogP contribution in [-0.4, -0.2) is 28.0 Å². The molecule has 0 bridgehead atoms. The van der Waals surface area contributed by atoms with E-state index >= 15 is 0 Å². The molecule has 2 atom stereocenters. The number of alkyl halides is 1. The Balaban J connectivity index is 2.29. The van der Waals surface area contributed by atoms with Gasteiger partial charge in [-0.15, -0.1) is 11.6 Å². The number of halogens is 1. The Labute approximate surface area is 113 Å². The predicted molar refractivity (Wildman–Crippen MR) is 74.5 cm³/mol. The summed E-state index contributed by atoms with van der Waals surface area (Å²) in [4.78, 5) is 18.6. The van der Waals surface area contributed by atoms with E-state index in [0.717, 1.165) is 19.5 Å². The molecule has 1 aromatic rings. The lowest BCUT2D eigenvalue weighted by molar-refractivity contribution is 0.449. The van der Waals surface area contributed by atoms with Crippen LogP contribution in [-0.2, 0) is 0 Å². The van der Waals surface area contributed by atoms with Crippen LogP contribution in [0.4, 0.5) is 5.82 Å². The zero-order valence-electron chi connectivity index (χ0n) is 11.1. The molecule has 1 aliphatic heterocycles. The SMILES string of the molecule is CC1CN(c2nccn(C(C)C)c2=O)CCC1Cl. The average Bonchev–Trinajstić information content (AvgIpc) is 2.33. The summed E-state index contributed by atoms with van der Waals surface area (Å²) in [5.74, 6) is 0.941. The molecule has 0 aliphatic carbocycles. The van der Waals surface area contributed by atoms with Crippen molar-refractivity contribution >= 4 is 17.4 Å². The summed E-state index contributed by atoms with van der Waals surface area (Å²) in [6.45, 7) is 7.73. The zero-order valence-corrected chi connectivity index (χ0v) is 11.9. The highest BCUT2D eigenvalue weighted by Crippen LogP contribution is 2.23. The van der Waals surface area contributed by atoms with E-state index < -0.39 is 0 Å². The first kappa shape index (κ1) is 13.4. The monoisotopic (exact) mass is 269 g/mol. The summed E-state index contributed by atoms with van der Waals surface area (Å²) in [5, 5.41) is 0.206. The van der Waals surface area contributed by atoms with Gasteiger partial charge in [-0.05, 0) is 26.2 Å². The van der Waals surface area contributed by atoms with Crippen molar-refractivity contribution < 1.29 is 0 Å². The topological polar surface area (TPSA) is 38.1 Å². The third-order valence-electron chi connectivity index (χ3n) is 3.51. The first-order valence-corrected chi connectivity index (χ1v) is 6.90. The molecule has 0 aromatic carbocycles. The van der Waals surface area contributed by atoms with Gasteiger partial charge in [-0.2, -0.15) is 0 Å². The molecule has 100 valence electrons. The number of anilines is 1. The van der Waals surface area contributed by atoms with Gasteiger partial charge >= 0.3 is 0 Å². The minimum atomic E-state index is -0.00674. The van der Waals surface area contributed by atoms with Gasteiger partial charge in [-0.3, -0.25) is 4.79 Å². The molecule has 1 aliphatic rings. The van der Waals surface area contributed by atoms with Gasteiger partial charge in [0.25, 0.3) is 5.56 Å². The lowest BCUT2D eigenvalue weighted by atomic mass is 10.00. The molecule has 4 nitrogen and oxygen atoms in total. The molecule has 1 saturated heterocycles. The second-order valence-corrected chi connectivity index (χ2v) is 5.85. The van der Waals surface area contributed by atoms with Crippen molar-refractivity contribution in [3.63, 3.8) is 0 Å². The predicted octanol–water partition coefficient (Wildman–Crippen LogP) is 2.28. The van der Waals surface area contributed by atoms with E-state index in [4.69, 9.17) is 11.6 Å². The summed E-state index contributed by atoms with van der Waals surface area (Å²) in [7, 11) is 0. The molecule has 1 aromatic heterocycles. The fraction of sp³-hybridized carbons (Fsp3) is 0.692. The van der Waals surface area contributed by atoms with Gasteiger partial charge < -0.3 is 9.47 Å². The maximum atomic E-state index is 12.3. The Kier molecular flexibility index (Phi) is 3.95. The Bertz CT molecular complexity index is 472. The lowest BCUT2D eigenvalue weighted by Crippen LogP contribution is -2.43. The smallest absolute Gasteiger partial charge is 0.293 e. The Morgan fingerprint density at radius 2 is 2.22 bits per heavy atom. The van der Waals surface area contributed by atoms with Gasteiger partial charge in [-0.1, -0.05) is 6.92 Å². The minimum Gasteiger partial charge on any atom is -0.352 e. The lowest BCUT2D eigenvalue weighted by Gasteiger charge is -2.34. The molecule has 18 heavy (non-hydrogen) atoms. The second kappa shape index (κ2) is 5.31. The molecule has 0 N–H and O–H groups in total. The highest BCUT2D eigenvalue weighted by atomic mass is 35.5. The van der Waals surface area contributed by atoms with Crippen LogP contribution in [0.25, 0.3) is 0 Å². The van der Waals surface area contributed by atoms with Crippen LogP contribution in [0.5, 0.6) is 0 Å². The van der Waals surface area contributed by atoms with E-state index in [1.807, 2.05) is 13.8 Å². The summed E-state index contributed by atoms with van der Waals surface area (Å²) < 4.78 is 1.72. The molecule has 2 heterocycles. The Morgan fingerprint density at radius 1 is 1.50 bits per heavy atom. The van der Waals surface area contributed by atoms with Crippen LogP contribution in [0.2, 0.25) is 0 Å². The standard InChI is InChI=1S/C13H20ClN3O/c1-9(2)17-7-5-15-12(13(17)18)16-6-4-11(14)10(3)8-16/h5,7,9-11H,4,6,8H2,1-3H3. The maximum Gasteiger partial charge on any atom is 0.293 e. The Morgan fingerprint density at radius 3 is 2.83 bits per heavy atom. The maximum absolute atomic E-state index is 12.3. The second-order valence-electron chi connectivity index (χ2n) is 5.28. The number of rotatable bonds is 2. The summed E-state index contributed by atoms with van der Waals surface area (Å²) in [5.41, 5.74) is -0.00674. The van der Waals surface area contributed by atoms with Crippen molar-refractivity contribution in [3.05, 3.63) is 22.7 Å².